The Morgan fingerprint density at radius 3 is 2.47 bits per heavy atom. The molecular weight excluding hydrogens is 397 g/mol. The standard InChI is InChI=1S/C22H23F3N2O3/c1-12(2)19(11-28)26-22(29)30-8-7-16-17-9-15(24)10-18(25)21(17)27-20(16)13-3-5-14(23)6-4-13/h3-6,9-10,12,19,27-28H,7-8,11H2,1-2H3,(H,26,29)/t19-/m1/s1. The second-order valence-electron chi connectivity index (χ2n) is 7.36. The smallest absolute Gasteiger partial charge is 0.407 e. The molecule has 1 aromatic heterocycles. The van der Waals surface area contributed by atoms with Crippen LogP contribution in [0.25, 0.3) is 22.2 Å². The molecule has 1 heterocycles. The number of benzene rings is 2. The highest BCUT2D eigenvalue weighted by atomic mass is 19.1. The van der Waals surface area contributed by atoms with Gasteiger partial charge in [0.15, 0.2) is 0 Å². The highest BCUT2D eigenvalue weighted by molar-refractivity contribution is 5.91. The lowest BCUT2D eigenvalue weighted by Crippen LogP contribution is -2.41. The lowest BCUT2D eigenvalue weighted by molar-refractivity contribution is 0.130. The van der Waals surface area contributed by atoms with E-state index in [1.54, 1.807) is 0 Å². The average Bonchev–Trinajstić information content (AvgIpc) is 3.05. The minimum Gasteiger partial charge on any atom is -0.449 e. The molecule has 3 N–H and O–H groups in total. The van der Waals surface area contributed by atoms with Gasteiger partial charge in [0.1, 0.15) is 17.5 Å². The van der Waals surface area contributed by atoms with Crippen molar-refractivity contribution >= 4 is 17.0 Å². The van der Waals surface area contributed by atoms with Crippen molar-refractivity contribution in [1.82, 2.24) is 10.3 Å². The molecule has 0 saturated heterocycles. The van der Waals surface area contributed by atoms with Crippen LogP contribution >= 0.6 is 0 Å². The van der Waals surface area contributed by atoms with E-state index in [1.807, 2.05) is 13.8 Å². The number of fused-ring (bicyclic) bond motifs is 1. The minimum absolute atomic E-state index is 0.0206. The van der Waals surface area contributed by atoms with Crippen LogP contribution in [0.4, 0.5) is 18.0 Å². The Labute approximate surface area is 171 Å². The van der Waals surface area contributed by atoms with Crippen LogP contribution in [-0.2, 0) is 11.2 Å². The lowest BCUT2D eigenvalue weighted by atomic mass is 10.0. The topological polar surface area (TPSA) is 74.3 Å². The van der Waals surface area contributed by atoms with Crippen molar-refractivity contribution in [1.29, 1.82) is 0 Å². The van der Waals surface area contributed by atoms with Crippen LogP contribution in [0.15, 0.2) is 36.4 Å². The molecule has 0 aliphatic heterocycles. The second-order valence-corrected chi connectivity index (χ2v) is 7.36. The van der Waals surface area contributed by atoms with Crippen molar-refractivity contribution in [3.8, 4) is 11.3 Å². The molecule has 160 valence electrons. The maximum Gasteiger partial charge on any atom is 0.407 e. The summed E-state index contributed by atoms with van der Waals surface area (Å²) in [5.41, 5.74) is 1.75. The number of H-pyrrole nitrogens is 1. The number of hydrogen-bond donors (Lipinski definition) is 3. The van der Waals surface area contributed by atoms with Crippen LogP contribution < -0.4 is 5.32 Å². The third kappa shape index (κ3) is 4.76. The van der Waals surface area contributed by atoms with E-state index in [2.05, 4.69) is 10.3 Å². The third-order valence-electron chi connectivity index (χ3n) is 4.95. The van der Waals surface area contributed by atoms with Crippen molar-refractivity contribution in [2.45, 2.75) is 26.3 Å². The van der Waals surface area contributed by atoms with Crippen molar-refractivity contribution in [3.63, 3.8) is 0 Å². The first-order valence-corrected chi connectivity index (χ1v) is 9.59. The number of hydrogen-bond acceptors (Lipinski definition) is 3. The predicted octanol–water partition coefficient (Wildman–Crippen LogP) is 4.54. The second kappa shape index (κ2) is 9.21. The lowest BCUT2D eigenvalue weighted by Gasteiger charge is -2.19. The van der Waals surface area contributed by atoms with Gasteiger partial charge in [-0.1, -0.05) is 13.8 Å². The first-order chi connectivity index (χ1) is 14.3. The fraction of sp³-hybridized carbons (Fsp3) is 0.318. The Bertz CT molecular complexity index is 1030. The molecule has 0 aliphatic rings. The van der Waals surface area contributed by atoms with E-state index < -0.39 is 29.6 Å². The van der Waals surface area contributed by atoms with Crippen LogP contribution in [0.3, 0.4) is 0 Å². The van der Waals surface area contributed by atoms with Gasteiger partial charge in [-0.05, 0) is 47.4 Å². The Balaban J connectivity index is 1.85. The van der Waals surface area contributed by atoms with Crippen molar-refractivity contribution in [2.24, 2.45) is 5.92 Å². The number of alkyl carbamates (subject to hydrolysis) is 1. The summed E-state index contributed by atoms with van der Waals surface area (Å²) in [5.74, 6) is -1.88. The monoisotopic (exact) mass is 420 g/mol. The highest BCUT2D eigenvalue weighted by Crippen LogP contribution is 2.33. The third-order valence-corrected chi connectivity index (χ3v) is 4.95. The number of amides is 1. The van der Waals surface area contributed by atoms with Crippen LogP contribution in [-0.4, -0.2) is 35.4 Å². The first-order valence-electron chi connectivity index (χ1n) is 9.59. The van der Waals surface area contributed by atoms with E-state index in [4.69, 9.17) is 4.74 Å². The summed E-state index contributed by atoms with van der Waals surface area (Å²) in [5, 5.41) is 12.2. The summed E-state index contributed by atoms with van der Waals surface area (Å²) >= 11 is 0. The van der Waals surface area contributed by atoms with Crippen LogP contribution in [0.5, 0.6) is 0 Å². The van der Waals surface area contributed by atoms with E-state index in [0.29, 0.717) is 22.2 Å². The molecule has 0 spiro atoms. The Hall–Kier alpha value is -3.00. The van der Waals surface area contributed by atoms with Crippen molar-refractivity contribution in [2.75, 3.05) is 13.2 Å². The van der Waals surface area contributed by atoms with E-state index >= 15 is 0 Å². The van der Waals surface area contributed by atoms with E-state index in [1.165, 1.54) is 30.3 Å². The van der Waals surface area contributed by atoms with Gasteiger partial charge in [0.05, 0.1) is 24.8 Å². The van der Waals surface area contributed by atoms with Crippen LogP contribution in [0.1, 0.15) is 19.4 Å². The summed E-state index contributed by atoms with van der Waals surface area (Å²) < 4.78 is 46.6. The SMILES string of the molecule is CC(C)[C@@H](CO)NC(=O)OCCc1c(-c2ccc(F)cc2)[nH]c2c(F)cc(F)cc12. The summed E-state index contributed by atoms with van der Waals surface area (Å²) in [6, 6.07) is 7.14. The maximum absolute atomic E-state index is 14.3. The molecule has 0 unspecified atom stereocenters. The summed E-state index contributed by atoms with van der Waals surface area (Å²) in [6.07, 6.45) is -0.516. The number of aromatic nitrogens is 1. The molecule has 3 aromatic rings. The van der Waals surface area contributed by atoms with Gasteiger partial charge in [-0.3, -0.25) is 0 Å². The van der Waals surface area contributed by atoms with Gasteiger partial charge in [0, 0.05) is 23.6 Å². The predicted molar refractivity (Wildman–Crippen MR) is 108 cm³/mol. The van der Waals surface area contributed by atoms with Gasteiger partial charge >= 0.3 is 6.09 Å². The average molecular weight is 420 g/mol. The molecule has 0 saturated carbocycles. The van der Waals surface area contributed by atoms with Gasteiger partial charge in [0.2, 0.25) is 0 Å². The number of halogens is 3. The molecule has 3 rings (SSSR count). The van der Waals surface area contributed by atoms with E-state index in [9.17, 15) is 23.1 Å². The van der Waals surface area contributed by atoms with E-state index in [0.717, 1.165) is 6.07 Å². The number of aliphatic hydroxyl groups is 1. The molecule has 8 heteroatoms. The first kappa shape index (κ1) is 21.7. The van der Waals surface area contributed by atoms with E-state index in [-0.39, 0.29) is 31.1 Å². The number of carbonyl (C=O) groups is 1. The number of ether oxygens (including phenoxy) is 1. The van der Waals surface area contributed by atoms with Crippen LogP contribution in [0, 0.1) is 23.4 Å². The minimum atomic E-state index is -0.749. The Morgan fingerprint density at radius 2 is 1.83 bits per heavy atom. The Morgan fingerprint density at radius 1 is 1.13 bits per heavy atom. The molecule has 0 aliphatic carbocycles. The molecule has 1 amide bonds. The summed E-state index contributed by atoms with van der Waals surface area (Å²) in [7, 11) is 0. The molecule has 0 bridgehead atoms. The van der Waals surface area contributed by atoms with Gasteiger partial charge in [0.25, 0.3) is 0 Å². The number of aliphatic hydroxyl groups excluding tert-OH is 1. The normalized spacial score (nSPS) is 12.4. The highest BCUT2D eigenvalue weighted by Gasteiger charge is 2.19. The number of carbonyl (C=O) groups excluding carboxylic acids is 1. The zero-order valence-electron chi connectivity index (χ0n) is 16.6. The Kier molecular flexibility index (Phi) is 6.66. The molecule has 0 radical (unpaired) electrons. The van der Waals surface area contributed by atoms with Gasteiger partial charge in [-0.2, -0.15) is 0 Å². The number of nitrogens with one attached hydrogen (secondary N) is 2. The molecular formula is C22H23F3N2O3. The summed E-state index contributed by atoms with van der Waals surface area (Å²) in [4.78, 5) is 14.9. The van der Waals surface area contributed by atoms with Gasteiger partial charge in [-0.25, -0.2) is 18.0 Å². The maximum atomic E-state index is 14.3. The quantitative estimate of drug-likeness (QED) is 0.526. The van der Waals surface area contributed by atoms with Crippen LogP contribution in [0.2, 0.25) is 0 Å². The summed E-state index contributed by atoms with van der Waals surface area (Å²) in [6.45, 7) is 3.43. The fourth-order valence-electron chi connectivity index (χ4n) is 3.26. The van der Waals surface area contributed by atoms with Crippen molar-refractivity contribution in [3.05, 3.63) is 59.4 Å². The zero-order valence-corrected chi connectivity index (χ0v) is 16.6. The zero-order chi connectivity index (χ0) is 21.8. The molecule has 1 atom stereocenters. The van der Waals surface area contributed by atoms with Crippen molar-refractivity contribution < 1.29 is 27.8 Å². The van der Waals surface area contributed by atoms with Gasteiger partial charge < -0.3 is 20.1 Å². The van der Waals surface area contributed by atoms with Gasteiger partial charge in [-0.15, -0.1) is 0 Å². The molecule has 2 aromatic carbocycles. The number of rotatable bonds is 7. The molecule has 5 nitrogen and oxygen atoms in total. The largest absolute Gasteiger partial charge is 0.449 e. The molecule has 30 heavy (non-hydrogen) atoms. The molecule has 0 fully saturated rings. The fourth-order valence-corrected chi connectivity index (χ4v) is 3.26. The number of aromatic amines is 1.